The third-order valence-electron chi connectivity index (χ3n) is 1.84. The number of sulfonamides is 1. The summed E-state index contributed by atoms with van der Waals surface area (Å²) in [5.41, 5.74) is -0.0540. The highest BCUT2D eigenvalue weighted by Gasteiger charge is 2.18. The van der Waals surface area contributed by atoms with Crippen molar-refractivity contribution in [3.8, 4) is 6.07 Å². The van der Waals surface area contributed by atoms with E-state index < -0.39 is 31.4 Å². The van der Waals surface area contributed by atoms with Gasteiger partial charge in [0.1, 0.15) is 11.8 Å². The lowest BCUT2D eigenvalue weighted by molar-refractivity contribution is 0.588. The maximum atomic E-state index is 11.7. The van der Waals surface area contributed by atoms with Crippen molar-refractivity contribution in [2.75, 3.05) is 11.5 Å². The Morgan fingerprint density at radius 1 is 1.29 bits per heavy atom. The van der Waals surface area contributed by atoms with Crippen LogP contribution in [-0.2, 0) is 19.9 Å². The smallest absolute Gasteiger partial charge is 0.210 e. The van der Waals surface area contributed by atoms with Gasteiger partial charge in [0.25, 0.3) is 0 Å². The standard InChI is InChI=1S/C8H9N3O4S2/c9-6-7-5-8(1-2-11-7)16(12,13)3-4-17(10,14)15/h1-2,5H,3-4H2,(H2,10,14,15). The van der Waals surface area contributed by atoms with Crippen LogP contribution in [0.5, 0.6) is 0 Å². The van der Waals surface area contributed by atoms with E-state index in [-0.39, 0.29) is 10.6 Å². The van der Waals surface area contributed by atoms with Gasteiger partial charge in [-0.1, -0.05) is 0 Å². The summed E-state index contributed by atoms with van der Waals surface area (Å²) in [5, 5.41) is 13.3. The predicted octanol–water partition coefficient (Wildman–Crippen LogP) is -0.985. The first-order valence-electron chi connectivity index (χ1n) is 4.34. The van der Waals surface area contributed by atoms with E-state index in [1.807, 2.05) is 0 Å². The largest absolute Gasteiger partial charge is 0.245 e. The second-order valence-corrected chi connectivity index (χ2v) is 7.02. The third-order valence-corrected chi connectivity index (χ3v) is 4.59. The number of hydrogen-bond acceptors (Lipinski definition) is 6. The Morgan fingerprint density at radius 3 is 2.47 bits per heavy atom. The van der Waals surface area contributed by atoms with Crippen LogP contribution in [0.3, 0.4) is 0 Å². The molecule has 0 aliphatic heterocycles. The first-order chi connectivity index (χ1) is 7.74. The molecule has 7 nitrogen and oxygen atoms in total. The summed E-state index contributed by atoms with van der Waals surface area (Å²) in [5.74, 6) is -1.29. The number of nitrogens with two attached hydrogens (primary N) is 1. The molecule has 0 aromatic carbocycles. The number of rotatable bonds is 4. The van der Waals surface area contributed by atoms with E-state index in [2.05, 4.69) is 4.98 Å². The summed E-state index contributed by atoms with van der Waals surface area (Å²) in [4.78, 5) is 3.47. The van der Waals surface area contributed by atoms with Crippen molar-refractivity contribution in [3.63, 3.8) is 0 Å². The van der Waals surface area contributed by atoms with E-state index >= 15 is 0 Å². The Labute approximate surface area is 98.9 Å². The molecule has 0 aliphatic rings. The second kappa shape index (κ2) is 4.79. The van der Waals surface area contributed by atoms with Crippen LogP contribution >= 0.6 is 0 Å². The molecule has 0 amide bonds. The molecule has 92 valence electrons. The number of aromatic nitrogens is 1. The molecule has 0 radical (unpaired) electrons. The highest BCUT2D eigenvalue weighted by Crippen LogP contribution is 2.11. The highest BCUT2D eigenvalue weighted by atomic mass is 32.2. The fourth-order valence-corrected chi connectivity index (χ4v) is 3.61. The Kier molecular flexibility index (Phi) is 3.82. The summed E-state index contributed by atoms with van der Waals surface area (Å²) in [6, 6.07) is 3.97. The summed E-state index contributed by atoms with van der Waals surface area (Å²) < 4.78 is 44.7. The van der Waals surface area contributed by atoms with Crippen LogP contribution in [0, 0.1) is 11.3 Å². The molecule has 0 aliphatic carbocycles. The summed E-state index contributed by atoms with van der Waals surface area (Å²) >= 11 is 0. The predicted molar refractivity (Wildman–Crippen MR) is 59.0 cm³/mol. The number of primary sulfonamides is 1. The average Bonchev–Trinajstić information content (AvgIpc) is 2.26. The summed E-state index contributed by atoms with van der Waals surface area (Å²) in [7, 11) is -7.62. The molecule has 0 saturated heterocycles. The van der Waals surface area contributed by atoms with E-state index in [9.17, 15) is 16.8 Å². The van der Waals surface area contributed by atoms with Gasteiger partial charge in [0.15, 0.2) is 9.84 Å². The number of sulfone groups is 1. The van der Waals surface area contributed by atoms with Crippen LogP contribution in [0.25, 0.3) is 0 Å². The maximum absolute atomic E-state index is 11.7. The molecule has 0 spiro atoms. The first kappa shape index (κ1) is 13.6. The van der Waals surface area contributed by atoms with Crippen LogP contribution in [0.1, 0.15) is 5.69 Å². The molecule has 0 saturated carbocycles. The van der Waals surface area contributed by atoms with Gasteiger partial charge in [-0.05, 0) is 12.1 Å². The third kappa shape index (κ3) is 4.10. The van der Waals surface area contributed by atoms with Gasteiger partial charge < -0.3 is 0 Å². The van der Waals surface area contributed by atoms with Crippen LogP contribution in [0.15, 0.2) is 23.2 Å². The lowest BCUT2D eigenvalue weighted by Gasteiger charge is -2.03. The van der Waals surface area contributed by atoms with E-state index in [1.54, 1.807) is 6.07 Å². The second-order valence-electron chi connectivity index (χ2n) is 3.17. The minimum atomic E-state index is -3.84. The zero-order valence-corrected chi connectivity index (χ0v) is 10.2. The normalized spacial score (nSPS) is 12.0. The number of nitriles is 1. The van der Waals surface area contributed by atoms with Crippen molar-refractivity contribution >= 4 is 19.9 Å². The molecule has 0 unspecified atom stereocenters. The van der Waals surface area contributed by atoms with Gasteiger partial charge in [-0.3, -0.25) is 0 Å². The minimum absolute atomic E-state index is 0.0540. The van der Waals surface area contributed by atoms with Crippen LogP contribution in [0.2, 0.25) is 0 Å². The molecule has 0 atom stereocenters. The summed E-state index contributed by atoms with van der Waals surface area (Å²) in [6.45, 7) is 0. The Bertz CT molecular complexity index is 658. The Morgan fingerprint density at radius 2 is 1.94 bits per heavy atom. The molecular weight excluding hydrogens is 266 g/mol. The quantitative estimate of drug-likeness (QED) is 0.751. The molecule has 1 rings (SSSR count). The van der Waals surface area contributed by atoms with Crippen molar-refractivity contribution in [2.24, 2.45) is 5.14 Å². The monoisotopic (exact) mass is 275 g/mol. The molecule has 9 heteroatoms. The fraction of sp³-hybridized carbons (Fsp3) is 0.250. The molecule has 1 aromatic heterocycles. The lowest BCUT2D eigenvalue weighted by Crippen LogP contribution is -2.23. The molecule has 1 aromatic rings. The Hall–Kier alpha value is -1.50. The maximum Gasteiger partial charge on any atom is 0.210 e. The van der Waals surface area contributed by atoms with Gasteiger partial charge in [-0.2, -0.15) is 5.26 Å². The average molecular weight is 275 g/mol. The van der Waals surface area contributed by atoms with Crippen LogP contribution in [0.4, 0.5) is 0 Å². The molecule has 0 bridgehead atoms. The van der Waals surface area contributed by atoms with E-state index in [1.165, 1.54) is 12.3 Å². The molecule has 1 heterocycles. The van der Waals surface area contributed by atoms with Gasteiger partial charge in [0.05, 0.1) is 16.4 Å². The van der Waals surface area contributed by atoms with Crippen molar-refractivity contribution in [3.05, 3.63) is 24.0 Å². The molecule has 0 fully saturated rings. The van der Waals surface area contributed by atoms with Gasteiger partial charge in [0.2, 0.25) is 10.0 Å². The van der Waals surface area contributed by atoms with Crippen molar-refractivity contribution in [2.45, 2.75) is 4.90 Å². The molecular formula is C8H9N3O4S2. The first-order valence-corrected chi connectivity index (χ1v) is 7.71. The number of pyridine rings is 1. The molecule has 2 N–H and O–H groups in total. The van der Waals surface area contributed by atoms with Gasteiger partial charge in [0, 0.05) is 6.20 Å². The van der Waals surface area contributed by atoms with Gasteiger partial charge in [-0.25, -0.2) is 27.0 Å². The van der Waals surface area contributed by atoms with E-state index in [0.717, 1.165) is 6.07 Å². The summed E-state index contributed by atoms with van der Waals surface area (Å²) in [6.07, 6.45) is 1.17. The van der Waals surface area contributed by atoms with Crippen molar-refractivity contribution < 1.29 is 16.8 Å². The zero-order chi connectivity index (χ0) is 13.1. The number of nitrogens with zero attached hydrogens (tertiary/aromatic N) is 2. The van der Waals surface area contributed by atoms with E-state index in [4.69, 9.17) is 10.4 Å². The number of hydrogen-bond donors (Lipinski definition) is 1. The van der Waals surface area contributed by atoms with E-state index in [0.29, 0.717) is 0 Å². The molecule has 17 heavy (non-hydrogen) atoms. The van der Waals surface area contributed by atoms with Gasteiger partial charge >= 0.3 is 0 Å². The van der Waals surface area contributed by atoms with Crippen LogP contribution < -0.4 is 5.14 Å². The SMILES string of the molecule is N#Cc1cc(S(=O)(=O)CCS(N)(=O)=O)ccn1. The highest BCUT2D eigenvalue weighted by molar-refractivity contribution is 7.94. The zero-order valence-electron chi connectivity index (χ0n) is 8.57. The van der Waals surface area contributed by atoms with Gasteiger partial charge in [-0.15, -0.1) is 0 Å². The minimum Gasteiger partial charge on any atom is -0.245 e. The van der Waals surface area contributed by atoms with Crippen molar-refractivity contribution in [1.29, 1.82) is 5.26 Å². The lowest BCUT2D eigenvalue weighted by atomic mass is 10.4. The topological polar surface area (TPSA) is 131 Å². The van der Waals surface area contributed by atoms with Crippen molar-refractivity contribution in [1.82, 2.24) is 4.98 Å². The fourth-order valence-electron chi connectivity index (χ4n) is 1.01. The van der Waals surface area contributed by atoms with Crippen LogP contribution in [-0.4, -0.2) is 33.3 Å². The Balaban J connectivity index is 3.02.